The first-order chi connectivity index (χ1) is 8.13. The highest BCUT2D eigenvalue weighted by molar-refractivity contribution is 6.33. The minimum Gasteiger partial charge on any atom is -0.478 e. The SMILES string of the molecule is O=C(O)c1cc(Cl)c2nnc(CCCO)n2c1. The lowest BCUT2D eigenvalue weighted by molar-refractivity contribution is 0.0696. The third-order valence-corrected chi connectivity index (χ3v) is 2.61. The maximum atomic E-state index is 10.9. The Kier molecular flexibility index (Phi) is 3.26. The molecule has 17 heavy (non-hydrogen) atoms. The lowest BCUT2D eigenvalue weighted by Gasteiger charge is -2.02. The van der Waals surface area contributed by atoms with Crippen molar-refractivity contribution >= 4 is 23.2 Å². The van der Waals surface area contributed by atoms with Crippen molar-refractivity contribution in [2.75, 3.05) is 6.61 Å². The van der Waals surface area contributed by atoms with Crippen LogP contribution >= 0.6 is 11.6 Å². The molecule has 0 aliphatic carbocycles. The van der Waals surface area contributed by atoms with Gasteiger partial charge in [-0.05, 0) is 12.5 Å². The molecule has 0 spiro atoms. The first-order valence-electron chi connectivity index (χ1n) is 5.01. The number of pyridine rings is 1. The van der Waals surface area contributed by atoms with Crippen LogP contribution in [0.1, 0.15) is 22.6 Å². The fourth-order valence-corrected chi connectivity index (χ4v) is 1.77. The van der Waals surface area contributed by atoms with Gasteiger partial charge in [0.15, 0.2) is 5.65 Å². The Morgan fingerprint density at radius 3 is 2.88 bits per heavy atom. The normalized spacial score (nSPS) is 10.9. The molecule has 0 atom stereocenters. The minimum atomic E-state index is -1.06. The molecule has 0 aromatic carbocycles. The number of aliphatic hydroxyl groups is 1. The molecule has 0 aliphatic rings. The van der Waals surface area contributed by atoms with Gasteiger partial charge in [0.25, 0.3) is 0 Å². The van der Waals surface area contributed by atoms with Crippen LogP contribution in [0.25, 0.3) is 5.65 Å². The van der Waals surface area contributed by atoms with Crippen LogP contribution in [0.2, 0.25) is 5.02 Å². The average molecular weight is 256 g/mol. The van der Waals surface area contributed by atoms with E-state index >= 15 is 0 Å². The first-order valence-corrected chi connectivity index (χ1v) is 5.38. The summed E-state index contributed by atoms with van der Waals surface area (Å²) in [5, 5.41) is 25.7. The Morgan fingerprint density at radius 1 is 1.47 bits per heavy atom. The molecule has 2 heterocycles. The predicted molar refractivity (Wildman–Crippen MR) is 60.4 cm³/mol. The number of hydrogen-bond donors (Lipinski definition) is 2. The summed E-state index contributed by atoms with van der Waals surface area (Å²) < 4.78 is 1.54. The number of aliphatic hydroxyl groups excluding tert-OH is 1. The molecule has 0 saturated heterocycles. The second-order valence-corrected chi connectivity index (χ2v) is 3.93. The van der Waals surface area contributed by atoms with Gasteiger partial charge in [0.05, 0.1) is 10.6 Å². The summed E-state index contributed by atoms with van der Waals surface area (Å²) in [6, 6.07) is 1.34. The second-order valence-electron chi connectivity index (χ2n) is 3.52. The zero-order valence-corrected chi connectivity index (χ0v) is 9.55. The van der Waals surface area contributed by atoms with Crippen LogP contribution in [0.3, 0.4) is 0 Å². The molecule has 2 aromatic rings. The van der Waals surface area contributed by atoms with E-state index in [1.54, 1.807) is 4.40 Å². The maximum absolute atomic E-state index is 10.9. The van der Waals surface area contributed by atoms with Gasteiger partial charge < -0.3 is 10.2 Å². The molecule has 2 N–H and O–H groups in total. The number of hydrogen-bond acceptors (Lipinski definition) is 4. The van der Waals surface area contributed by atoms with Crippen LogP contribution in [-0.2, 0) is 6.42 Å². The number of halogens is 1. The third-order valence-electron chi connectivity index (χ3n) is 2.34. The monoisotopic (exact) mass is 255 g/mol. The maximum Gasteiger partial charge on any atom is 0.337 e. The van der Waals surface area contributed by atoms with Gasteiger partial charge in [-0.1, -0.05) is 11.6 Å². The standard InChI is InChI=1S/C10H10ClN3O3/c11-7-4-6(10(16)17)5-14-8(2-1-3-15)12-13-9(7)14/h4-5,15H,1-3H2,(H,16,17). The number of nitrogens with zero attached hydrogens (tertiary/aromatic N) is 3. The molecular formula is C10H10ClN3O3. The van der Waals surface area contributed by atoms with Crippen LogP contribution in [0.5, 0.6) is 0 Å². The van der Waals surface area contributed by atoms with Crippen molar-refractivity contribution in [2.45, 2.75) is 12.8 Å². The highest BCUT2D eigenvalue weighted by Crippen LogP contribution is 2.19. The molecule has 0 unspecified atom stereocenters. The van der Waals surface area contributed by atoms with Crippen LogP contribution in [0, 0.1) is 0 Å². The molecule has 2 aromatic heterocycles. The Bertz CT molecular complexity index is 567. The summed E-state index contributed by atoms with van der Waals surface area (Å²) in [7, 11) is 0. The minimum absolute atomic E-state index is 0.0429. The molecule has 90 valence electrons. The number of carboxylic acid groups (broad SMARTS) is 1. The number of carboxylic acids is 1. The Hall–Kier alpha value is -1.66. The lowest BCUT2D eigenvalue weighted by atomic mass is 10.2. The Labute approximate surface area is 101 Å². The van der Waals surface area contributed by atoms with Crippen molar-refractivity contribution in [2.24, 2.45) is 0 Å². The number of aryl methyl sites for hydroxylation is 1. The summed E-state index contributed by atoms with van der Waals surface area (Å²) in [5.41, 5.74) is 0.497. The second kappa shape index (κ2) is 4.68. The fourth-order valence-electron chi connectivity index (χ4n) is 1.52. The van der Waals surface area contributed by atoms with Gasteiger partial charge in [-0.3, -0.25) is 4.40 Å². The van der Waals surface area contributed by atoms with Crippen molar-refractivity contribution in [1.82, 2.24) is 14.6 Å². The van der Waals surface area contributed by atoms with Crippen molar-refractivity contribution in [3.05, 3.63) is 28.7 Å². The number of aromatic carboxylic acids is 1. The van der Waals surface area contributed by atoms with Crippen molar-refractivity contribution < 1.29 is 15.0 Å². The van der Waals surface area contributed by atoms with Crippen molar-refractivity contribution in [3.63, 3.8) is 0 Å². The Morgan fingerprint density at radius 2 is 2.24 bits per heavy atom. The molecule has 7 heteroatoms. The summed E-state index contributed by atoms with van der Waals surface area (Å²) in [4.78, 5) is 10.9. The molecule has 0 bridgehead atoms. The van der Waals surface area contributed by atoms with E-state index in [2.05, 4.69) is 10.2 Å². The highest BCUT2D eigenvalue weighted by Gasteiger charge is 2.12. The molecule has 2 rings (SSSR count). The quantitative estimate of drug-likeness (QED) is 0.851. The largest absolute Gasteiger partial charge is 0.478 e. The van der Waals surface area contributed by atoms with E-state index < -0.39 is 5.97 Å². The van der Waals surface area contributed by atoms with Gasteiger partial charge in [0.1, 0.15) is 5.82 Å². The molecular weight excluding hydrogens is 246 g/mol. The molecule has 0 fully saturated rings. The molecule has 6 nitrogen and oxygen atoms in total. The molecule has 0 saturated carbocycles. The summed E-state index contributed by atoms with van der Waals surface area (Å²) in [6.07, 6.45) is 2.48. The van der Waals surface area contributed by atoms with Crippen LogP contribution in [-0.4, -0.2) is 37.4 Å². The van der Waals surface area contributed by atoms with E-state index in [0.29, 0.717) is 24.3 Å². The van der Waals surface area contributed by atoms with Crippen molar-refractivity contribution in [1.29, 1.82) is 0 Å². The number of fused-ring (bicyclic) bond motifs is 1. The van der Waals surface area contributed by atoms with Gasteiger partial charge in [0.2, 0.25) is 0 Å². The fraction of sp³-hybridized carbons (Fsp3) is 0.300. The predicted octanol–water partition coefficient (Wildman–Crippen LogP) is 1.01. The molecule has 0 aliphatic heterocycles. The van der Waals surface area contributed by atoms with E-state index in [0.717, 1.165) is 0 Å². The van der Waals surface area contributed by atoms with Crippen LogP contribution in [0.4, 0.5) is 0 Å². The number of aromatic nitrogens is 3. The lowest BCUT2D eigenvalue weighted by Crippen LogP contribution is -2.02. The zero-order valence-electron chi connectivity index (χ0n) is 8.80. The Balaban J connectivity index is 2.53. The van der Waals surface area contributed by atoms with E-state index in [-0.39, 0.29) is 17.2 Å². The summed E-state index contributed by atoms with van der Waals surface area (Å²) >= 11 is 5.92. The third kappa shape index (κ3) is 2.22. The zero-order chi connectivity index (χ0) is 12.4. The van der Waals surface area contributed by atoms with Crippen molar-refractivity contribution in [3.8, 4) is 0 Å². The van der Waals surface area contributed by atoms with Gasteiger partial charge >= 0.3 is 5.97 Å². The van der Waals surface area contributed by atoms with Gasteiger partial charge in [-0.25, -0.2) is 4.79 Å². The number of rotatable bonds is 4. The van der Waals surface area contributed by atoms with E-state index in [1.807, 2.05) is 0 Å². The van der Waals surface area contributed by atoms with E-state index in [9.17, 15) is 4.79 Å². The van der Waals surface area contributed by atoms with Crippen LogP contribution in [0.15, 0.2) is 12.3 Å². The summed E-state index contributed by atoms with van der Waals surface area (Å²) in [5.74, 6) is -0.477. The number of carbonyl (C=O) groups is 1. The topological polar surface area (TPSA) is 87.7 Å². The average Bonchev–Trinajstić information content (AvgIpc) is 2.70. The van der Waals surface area contributed by atoms with E-state index in [4.69, 9.17) is 21.8 Å². The molecule has 0 amide bonds. The van der Waals surface area contributed by atoms with Crippen LogP contribution < -0.4 is 0 Å². The van der Waals surface area contributed by atoms with Gasteiger partial charge in [-0.2, -0.15) is 0 Å². The first kappa shape index (κ1) is 11.8. The van der Waals surface area contributed by atoms with Gasteiger partial charge in [0, 0.05) is 19.2 Å². The smallest absolute Gasteiger partial charge is 0.337 e. The van der Waals surface area contributed by atoms with Gasteiger partial charge in [-0.15, -0.1) is 10.2 Å². The molecule has 0 radical (unpaired) electrons. The highest BCUT2D eigenvalue weighted by atomic mass is 35.5. The van der Waals surface area contributed by atoms with E-state index in [1.165, 1.54) is 12.3 Å². The summed E-state index contributed by atoms with van der Waals surface area (Å²) in [6.45, 7) is 0.0429.